The predicted octanol–water partition coefficient (Wildman–Crippen LogP) is 15.0. The Balaban J connectivity index is 1.09. The van der Waals surface area contributed by atoms with Gasteiger partial charge in [-0.25, -0.2) is 9.97 Å². The molecule has 9 aromatic carbocycles. The van der Waals surface area contributed by atoms with Gasteiger partial charge in [0, 0.05) is 22.1 Å². The topological polar surface area (TPSA) is 25.8 Å². The molecule has 292 valence electrons. The largest absolute Gasteiger partial charge is 0.228 e. The summed E-state index contributed by atoms with van der Waals surface area (Å²) in [5.41, 5.74) is 19.6. The van der Waals surface area contributed by atoms with Crippen LogP contribution in [0.5, 0.6) is 0 Å². The highest BCUT2D eigenvalue weighted by Gasteiger charge is 2.47. The van der Waals surface area contributed by atoms with E-state index in [1.807, 2.05) is 0 Å². The first-order valence-electron chi connectivity index (χ1n) is 21.6. The molecule has 2 aliphatic carbocycles. The fourth-order valence-corrected chi connectivity index (χ4v) is 10.8. The lowest BCUT2D eigenvalue weighted by molar-refractivity contribution is 0.660. The lowest BCUT2D eigenvalue weighted by atomic mass is 9.66. The van der Waals surface area contributed by atoms with Gasteiger partial charge in [-0.15, -0.1) is 0 Å². The second-order valence-corrected chi connectivity index (χ2v) is 17.2. The van der Waals surface area contributed by atoms with Gasteiger partial charge in [-0.2, -0.15) is 0 Å². The molecule has 0 spiro atoms. The first-order chi connectivity index (χ1) is 30.5. The minimum Gasteiger partial charge on any atom is -0.228 e. The minimum atomic E-state index is -0.580. The number of hydrogen-bond acceptors (Lipinski definition) is 2. The third-order valence-corrected chi connectivity index (χ3v) is 13.6. The molecule has 0 saturated heterocycles. The fourth-order valence-electron chi connectivity index (χ4n) is 10.8. The highest BCUT2D eigenvalue weighted by molar-refractivity contribution is 6.05. The van der Waals surface area contributed by atoms with Crippen LogP contribution in [-0.4, -0.2) is 9.97 Å². The van der Waals surface area contributed by atoms with Crippen molar-refractivity contribution in [1.29, 1.82) is 0 Å². The summed E-state index contributed by atoms with van der Waals surface area (Å²) in [5.74, 6) is 0.698. The van der Waals surface area contributed by atoms with Gasteiger partial charge in [-0.1, -0.05) is 220 Å². The zero-order chi connectivity index (χ0) is 41.4. The van der Waals surface area contributed by atoms with Gasteiger partial charge in [0.05, 0.1) is 16.8 Å². The average Bonchev–Trinajstić information content (AvgIpc) is 3.77. The van der Waals surface area contributed by atoms with Crippen LogP contribution in [-0.2, 0) is 10.8 Å². The molecule has 2 heteroatoms. The third-order valence-electron chi connectivity index (χ3n) is 13.6. The summed E-state index contributed by atoms with van der Waals surface area (Å²) in [7, 11) is 0. The summed E-state index contributed by atoms with van der Waals surface area (Å²) in [6.45, 7) is 4.68. The van der Waals surface area contributed by atoms with Crippen LogP contribution in [0.2, 0.25) is 0 Å². The highest BCUT2D eigenvalue weighted by atomic mass is 14.9. The van der Waals surface area contributed by atoms with Crippen molar-refractivity contribution in [2.75, 3.05) is 0 Å². The van der Waals surface area contributed by atoms with Gasteiger partial charge in [0.25, 0.3) is 0 Å². The highest BCUT2D eigenvalue weighted by Crippen LogP contribution is 2.59. The monoisotopic (exact) mass is 790 g/mol. The van der Waals surface area contributed by atoms with E-state index in [1.165, 1.54) is 72.1 Å². The number of hydrogen-bond donors (Lipinski definition) is 0. The van der Waals surface area contributed by atoms with Crippen LogP contribution in [0.15, 0.2) is 218 Å². The molecular formula is C60H42N2. The second-order valence-electron chi connectivity index (χ2n) is 17.2. The van der Waals surface area contributed by atoms with Crippen molar-refractivity contribution < 1.29 is 0 Å². The smallest absolute Gasteiger partial charge is 0.160 e. The van der Waals surface area contributed by atoms with Gasteiger partial charge in [-0.05, 0) is 89.7 Å². The van der Waals surface area contributed by atoms with E-state index < -0.39 is 5.41 Å². The maximum absolute atomic E-state index is 5.49. The van der Waals surface area contributed by atoms with E-state index in [0.717, 1.165) is 33.5 Å². The first kappa shape index (κ1) is 36.2. The van der Waals surface area contributed by atoms with Crippen molar-refractivity contribution in [1.82, 2.24) is 9.97 Å². The first-order valence-corrected chi connectivity index (χ1v) is 21.6. The number of rotatable bonds is 6. The van der Waals surface area contributed by atoms with E-state index in [-0.39, 0.29) is 5.41 Å². The number of fused-ring (bicyclic) bond motifs is 7. The minimum absolute atomic E-state index is 0.0406. The number of benzene rings is 9. The molecule has 0 aliphatic heterocycles. The van der Waals surface area contributed by atoms with Crippen molar-refractivity contribution in [3.05, 3.63) is 252 Å². The Kier molecular flexibility index (Phi) is 8.14. The molecule has 0 atom stereocenters. The second kappa shape index (κ2) is 13.9. The van der Waals surface area contributed by atoms with E-state index >= 15 is 0 Å². The van der Waals surface area contributed by atoms with Gasteiger partial charge in [0.15, 0.2) is 5.82 Å². The molecule has 0 amide bonds. The maximum atomic E-state index is 5.49. The zero-order valence-electron chi connectivity index (χ0n) is 34.7. The van der Waals surface area contributed by atoms with E-state index in [2.05, 4.69) is 232 Å². The summed E-state index contributed by atoms with van der Waals surface area (Å²) in [6, 6.07) is 79.6. The molecule has 0 saturated carbocycles. The van der Waals surface area contributed by atoms with Gasteiger partial charge in [-0.3, -0.25) is 0 Å². The molecule has 1 heterocycles. The molecule has 1 aromatic heterocycles. The summed E-state index contributed by atoms with van der Waals surface area (Å²) < 4.78 is 0. The van der Waals surface area contributed by atoms with Gasteiger partial charge in [0.1, 0.15) is 0 Å². The van der Waals surface area contributed by atoms with E-state index in [9.17, 15) is 0 Å². The molecule has 0 N–H and O–H groups in total. The molecule has 2 nitrogen and oxygen atoms in total. The van der Waals surface area contributed by atoms with Crippen molar-refractivity contribution in [2.45, 2.75) is 24.7 Å². The van der Waals surface area contributed by atoms with Gasteiger partial charge in [0.2, 0.25) is 0 Å². The molecule has 0 radical (unpaired) electrons. The lowest BCUT2D eigenvalue weighted by Gasteiger charge is -2.35. The maximum Gasteiger partial charge on any atom is 0.160 e. The molecule has 12 rings (SSSR count). The summed E-state index contributed by atoms with van der Waals surface area (Å²) in [5, 5.41) is 2.35. The van der Waals surface area contributed by atoms with Crippen LogP contribution in [0, 0.1) is 0 Å². The summed E-state index contributed by atoms with van der Waals surface area (Å²) in [6.07, 6.45) is 0. The Morgan fingerprint density at radius 3 is 1.52 bits per heavy atom. The zero-order valence-corrected chi connectivity index (χ0v) is 34.7. The molecule has 2 aliphatic rings. The standard InChI is InChI=1S/C60H42N2/c1-59(2)52-31-16-14-28-47(52)51-37-40(33-36-53(51)59)43-34-35-48(45-26-13-12-25-44(43)45)55-38-56(62-58(61-55)39-19-6-3-7-20-39)50-30-18-29-49-46-27-15-17-32-54(46)60(57(49)50,41-21-8-4-9-22-41)42-23-10-5-11-24-42/h3-38H,1-2H3. The van der Waals surface area contributed by atoms with Crippen molar-refractivity contribution in [3.8, 4) is 67.3 Å². The summed E-state index contributed by atoms with van der Waals surface area (Å²) in [4.78, 5) is 10.9. The predicted molar refractivity (Wildman–Crippen MR) is 256 cm³/mol. The fraction of sp³-hybridized carbons (Fsp3) is 0.0667. The van der Waals surface area contributed by atoms with Crippen LogP contribution < -0.4 is 0 Å². The molecule has 0 fully saturated rings. The number of aromatic nitrogens is 2. The molecule has 62 heavy (non-hydrogen) atoms. The SMILES string of the molecule is CC1(C)c2ccccc2-c2cc(-c3ccc(-c4cc(-c5cccc6c5C(c5ccccc5)(c5ccccc5)c5ccccc5-6)nc(-c5ccccc5)n4)c4ccccc34)ccc21. The van der Waals surface area contributed by atoms with Crippen LogP contribution >= 0.6 is 0 Å². The van der Waals surface area contributed by atoms with E-state index in [1.54, 1.807) is 0 Å². The van der Waals surface area contributed by atoms with Crippen LogP contribution in [0.4, 0.5) is 0 Å². The molecule has 0 bridgehead atoms. The van der Waals surface area contributed by atoms with Crippen molar-refractivity contribution in [3.63, 3.8) is 0 Å². The van der Waals surface area contributed by atoms with E-state index in [4.69, 9.17) is 9.97 Å². The molecular weight excluding hydrogens is 749 g/mol. The average molecular weight is 791 g/mol. The Morgan fingerprint density at radius 2 is 0.823 bits per heavy atom. The Morgan fingerprint density at radius 1 is 0.323 bits per heavy atom. The van der Waals surface area contributed by atoms with Gasteiger partial charge < -0.3 is 0 Å². The van der Waals surface area contributed by atoms with E-state index in [0.29, 0.717) is 5.82 Å². The molecule has 0 unspecified atom stereocenters. The Bertz CT molecular complexity index is 3330. The van der Waals surface area contributed by atoms with Crippen LogP contribution in [0.1, 0.15) is 47.2 Å². The lowest BCUT2D eigenvalue weighted by Crippen LogP contribution is -2.29. The molecule has 10 aromatic rings. The Hall–Kier alpha value is -7.68. The quantitative estimate of drug-likeness (QED) is 0.168. The Labute approximate surface area is 362 Å². The normalized spacial score (nSPS) is 13.9. The van der Waals surface area contributed by atoms with Crippen LogP contribution in [0.25, 0.3) is 78.1 Å². The third kappa shape index (κ3) is 5.29. The van der Waals surface area contributed by atoms with Crippen molar-refractivity contribution in [2.24, 2.45) is 0 Å². The van der Waals surface area contributed by atoms with Gasteiger partial charge >= 0.3 is 0 Å². The summed E-state index contributed by atoms with van der Waals surface area (Å²) >= 11 is 0. The number of nitrogens with zero attached hydrogens (tertiary/aromatic N) is 2. The van der Waals surface area contributed by atoms with Crippen LogP contribution in [0.3, 0.4) is 0 Å². The van der Waals surface area contributed by atoms with Crippen molar-refractivity contribution >= 4 is 10.8 Å².